The Hall–Kier alpha value is 1.20. The van der Waals surface area contributed by atoms with Crippen LogP contribution >= 0.6 is 45.2 Å². The van der Waals surface area contributed by atoms with E-state index in [0.717, 1.165) is 10.3 Å². The van der Waals surface area contributed by atoms with Gasteiger partial charge in [0, 0.05) is 8.35 Å². The molecule has 0 aromatic rings. The highest BCUT2D eigenvalue weighted by atomic mass is 127. The van der Waals surface area contributed by atoms with Crippen molar-refractivity contribution in [2.24, 2.45) is 0 Å². The predicted molar refractivity (Wildman–Crippen MR) is 56.1 cm³/mol. The largest absolute Gasteiger partial charge is 0.103 e. The monoisotopic (exact) mass is 336 g/mol. The Labute approximate surface area is 78.4 Å². The summed E-state index contributed by atoms with van der Waals surface area (Å²) in [5.74, 6) is 0. The second-order valence-electron chi connectivity index (χ2n) is 1.62. The maximum Gasteiger partial charge on any atom is 0.0202 e. The third-order valence-electron chi connectivity index (χ3n) is 0.851. The van der Waals surface area contributed by atoms with Crippen molar-refractivity contribution in [3.63, 3.8) is 0 Å². The predicted octanol–water partition coefficient (Wildman–Crippen LogP) is 3.19. The number of rotatable bonds is 4. The van der Waals surface area contributed by atoms with Crippen molar-refractivity contribution in [3.8, 4) is 0 Å². The number of hydrogen-bond donors (Lipinski definition) is 0. The second kappa shape index (κ2) is 6.32. The van der Waals surface area contributed by atoms with E-state index < -0.39 is 0 Å². The summed E-state index contributed by atoms with van der Waals surface area (Å²) in [5.41, 5.74) is 0. The lowest BCUT2D eigenvalue weighted by molar-refractivity contribution is 0.873. The SMILES string of the molecule is C=CCCC(I)CI. The molecule has 0 aromatic carbocycles. The minimum Gasteiger partial charge on any atom is -0.103 e. The molecule has 0 bridgehead atoms. The van der Waals surface area contributed by atoms with E-state index in [1.54, 1.807) is 0 Å². The average molecular weight is 336 g/mol. The highest BCUT2D eigenvalue weighted by Crippen LogP contribution is 2.11. The first-order valence-electron chi connectivity index (χ1n) is 2.62. The molecule has 0 heterocycles. The van der Waals surface area contributed by atoms with Gasteiger partial charge in [-0.1, -0.05) is 51.3 Å². The van der Waals surface area contributed by atoms with Crippen LogP contribution in [-0.2, 0) is 0 Å². The summed E-state index contributed by atoms with van der Waals surface area (Å²) in [6.07, 6.45) is 4.43. The number of alkyl halides is 2. The van der Waals surface area contributed by atoms with Crippen LogP contribution in [0.4, 0.5) is 0 Å². The molecule has 48 valence electrons. The lowest BCUT2D eigenvalue weighted by atomic mass is 10.2. The standard InChI is InChI=1S/C6H10I2/c1-2-3-4-6(8)5-7/h2,6H,1,3-5H2. The van der Waals surface area contributed by atoms with Crippen molar-refractivity contribution in [1.29, 1.82) is 0 Å². The molecule has 0 rings (SSSR count). The van der Waals surface area contributed by atoms with Crippen LogP contribution in [0.1, 0.15) is 12.8 Å². The number of hydrogen-bond acceptors (Lipinski definition) is 0. The zero-order chi connectivity index (χ0) is 6.41. The number of halogens is 2. The van der Waals surface area contributed by atoms with Gasteiger partial charge in [-0.25, -0.2) is 0 Å². The summed E-state index contributed by atoms with van der Waals surface area (Å²) in [5, 5.41) is 0. The fourth-order valence-corrected chi connectivity index (χ4v) is 1.18. The molecule has 2 heteroatoms. The maximum atomic E-state index is 3.66. The normalized spacial score (nSPS) is 13.2. The van der Waals surface area contributed by atoms with Gasteiger partial charge in [0.25, 0.3) is 0 Å². The molecular weight excluding hydrogens is 326 g/mol. The van der Waals surface area contributed by atoms with Crippen LogP contribution in [0.3, 0.4) is 0 Å². The van der Waals surface area contributed by atoms with Crippen molar-refractivity contribution in [1.82, 2.24) is 0 Å². The molecule has 0 fully saturated rings. The summed E-state index contributed by atoms with van der Waals surface area (Å²) >= 11 is 4.88. The van der Waals surface area contributed by atoms with Crippen molar-refractivity contribution in [2.75, 3.05) is 4.43 Å². The zero-order valence-corrected chi connectivity index (χ0v) is 9.05. The van der Waals surface area contributed by atoms with Crippen LogP contribution in [0.2, 0.25) is 0 Å². The Morgan fingerprint density at radius 1 is 1.62 bits per heavy atom. The molecule has 0 spiro atoms. The fraction of sp³-hybridized carbons (Fsp3) is 0.667. The molecule has 0 N–H and O–H groups in total. The molecular formula is C6H10I2. The molecule has 0 aliphatic rings. The lowest BCUT2D eigenvalue weighted by Gasteiger charge is -2.00. The first-order valence-corrected chi connectivity index (χ1v) is 5.39. The van der Waals surface area contributed by atoms with Gasteiger partial charge in [-0.15, -0.1) is 6.58 Å². The molecule has 0 amide bonds. The summed E-state index contributed by atoms with van der Waals surface area (Å²) in [6, 6.07) is 0. The zero-order valence-electron chi connectivity index (χ0n) is 4.74. The third-order valence-corrected chi connectivity index (χ3v) is 4.66. The van der Waals surface area contributed by atoms with Gasteiger partial charge in [0.05, 0.1) is 0 Å². The van der Waals surface area contributed by atoms with E-state index in [1.807, 2.05) is 6.08 Å². The van der Waals surface area contributed by atoms with Gasteiger partial charge in [-0.2, -0.15) is 0 Å². The van der Waals surface area contributed by atoms with Crippen LogP contribution < -0.4 is 0 Å². The van der Waals surface area contributed by atoms with E-state index in [0.29, 0.717) is 0 Å². The Kier molecular flexibility index (Phi) is 7.27. The number of allylic oxidation sites excluding steroid dienone is 1. The third kappa shape index (κ3) is 5.34. The molecule has 1 unspecified atom stereocenters. The van der Waals surface area contributed by atoms with E-state index >= 15 is 0 Å². The minimum atomic E-state index is 0.839. The Morgan fingerprint density at radius 2 is 2.25 bits per heavy atom. The van der Waals surface area contributed by atoms with Gasteiger partial charge in [-0.3, -0.25) is 0 Å². The van der Waals surface area contributed by atoms with Crippen LogP contribution in [0, 0.1) is 0 Å². The molecule has 1 atom stereocenters. The molecule has 0 aromatic heterocycles. The molecule has 8 heavy (non-hydrogen) atoms. The molecule has 0 saturated carbocycles. The van der Waals surface area contributed by atoms with E-state index in [4.69, 9.17) is 0 Å². The minimum absolute atomic E-state index is 0.839. The van der Waals surface area contributed by atoms with Crippen molar-refractivity contribution >= 4 is 45.2 Å². The molecule has 0 aliphatic carbocycles. The Bertz CT molecular complexity index is 61.5. The summed E-state index contributed by atoms with van der Waals surface area (Å²) in [7, 11) is 0. The van der Waals surface area contributed by atoms with Crippen molar-refractivity contribution < 1.29 is 0 Å². The molecule has 0 nitrogen and oxygen atoms in total. The van der Waals surface area contributed by atoms with E-state index in [1.165, 1.54) is 10.8 Å². The van der Waals surface area contributed by atoms with E-state index in [2.05, 4.69) is 51.8 Å². The van der Waals surface area contributed by atoms with Gasteiger partial charge in [0.1, 0.15) is 0 Å². The summed E-state index contributed by atoms with van der Waals surface area (Å²) in [4.78, 5) is 0. The smallest absolute Gasteiger partial charge is 0.0202 e. The fourth-order valence-electron chi connectivity index (χ4n) is 0.376. The first kappa shape index (κ1) is 9.20. The summed E-state index contributed by atoms with van der Waals surface area (Å²) < 4.78 is 2.10. The second-order valence-corrected chi connectivity index (χ2v) is 4.26. The van der Waals surface area contributed by atoms with E-state index in [9.17, 15) is 0 Å². The molecule has 0 aliphatic heterocycles. The lowest BCUT2D eigenvalue weighted by Crippen LogP contribution is -1.95. The quantitative estimate of drug-likeness (QED) is 0.420. The van der Waals surface area contributed by atoms with Crippen molar-refractivity contribution in [2.45, 2.75) is 16.8 Å². The molecule has 0 saturated heterocycles. The van der Waals surface area contributed by atoms with Gasteiger partial charge < -0.3 is 0 Å². The molecule has 0 radical (unpaired) electrons. The highest BCUT2D eigenvalue weighted by Gasteiger charge is 1.96. The first-order chi connectivity index (χ1) is 3.81. The van der Waals surface area contributed by atoms with Crippen LogP contribution in [0.25, 0.3) is 0 Å². The van der Waals surface area contributed by atoms with Crippen LogP contribution in [0.5, 0.6) is 0 Å². The Balaban J connectivity index is 2.97. The van der Waals surface area contributed by atoms with E-state index in [-0.39, 0.29) is 0 Å². The van der Waals surface area contributed by atoms with Gasteiger partial charge in [0.2, 0.25) is 0 Å². The van der Waals surface area contributed by atoms with Gasteiger partial charge in [0.15, 0.2) is 0 Å². The van der Waals surface area contributed by atoms with Crippen LogP contribution in [-0.4, -0.2) is 8.35 Å². The highest BCUT2D eigenvalue weighted by molar-refractivity contribution is 14.1. The maximum absolute atomic E-state index is 3.66. The van der Waals surface area contributed by atoms with Crippen molar-refractivity contribution in [3.05, 3.63) is 12.7 Å². The topological polar surface area (TPSA) is 0 Å². The summed E-state index contributed by atoms with van der Waals surface area (Å²) in [6.45, 7) is 3.66. The Morgan fingerprint density at radius 3 is 2.62 bits per heavy atom. The van der Waals surface area contributed by atoms with Crippen LogP contribution in [0.15, 0.2) is 12.7 Å². The van der Waals surface area contributed by atoms with Gasteiger partial charge >= 0.3 is 0 Å². The average Bonchev–Trinajstić information content (AvgIpc) is 1.83. The van der Waals surface area contributed by atoms with Gasteiger partial charge in [-0.05, 0) is 12.8 Å².